The Morgan fingerprint density at radius 2 is 2.26 bits per heavy atom. The lowest BCUT2D eigenvalue weighted by Gasteiger charge is -2.15. The van der Waals surface area contributed by atoms with Gasteiger partial charge in [-0.25, -0.2) is 8.78 Å². The predicted molar refractivity (Wildman–Crippen MR) is 73.5 cm³/mol. The van der Waals surface area contributed by atoms with Crippen molar-refractivity contribution >= 4 is 11.8 Å². The van der Waals surface area contributed by atoms with Crippen molar-refractivity contribution in [2.75, 3.05) is 19.7 Å². The summed E-state index contributed by atoms with van der Waals surface area (Å²) in [6, 6.07) is 4.03. The molecule has 0 saturated carbocycles. The van der Waals surface area contributed by atoms with E-state index in [1.807, 2.05) is 0 Å². The monoisotopic (exact) mass is 287 g/mol. The van der Waals surface area contributed by atoms with Gasteiger partial charge in [0.1, 0.15) is 0 Å². The average molecular weight is 287 g/mol. The first-order valence-corrected chi connectivity index (χ1v) is 7.47. The van der Waals surface area contributed by atoms with E-state index in [-0.39, 0.29) is 0 Å². The maximum absolute atomic E-state index is 13.1. The van der Waals surface area contributed by atoms with Crippen molar-refractivity contribution in [1.29, 1.82) is 0 Å². The van der Waals surface area contributed by atoms with E-state index in [9.17, 15) is 8.78 Å². The van der Waals surface area contributed by atoms with Gasteiger partial charge in [0.05, 0.1) is 6.10 Å². The molecular weight excluding hydrogens is 268 g/mol. The SMILES string of the molecule is CC(CNCC1CCCO1)Sc1ccc(F)c(F)c1. The van der Waals surface area contributed by atoms with E-state index < -0.39 is 11.6 Å². The molecule has 1 aliphatic rings. The van der Waals surface area contributed by atoms with Crippen LogP contribution in [0.2, 0.25) is 0 Å². The summed E-state index contributed by atoms with van der Waals surface area (Å²) in [5.74, 6) is -1.59. The Morgan fingerprint density at radius 1 is 1.42 bits per heavy atom. The van der Waals surface area contributed by atoms with E-state index in [2.05, 4.69) is 12.2 Å². The fourth-order valence-corrected chi connectivity index (χ4v) is 3.06. The Hall–Kier alpha value is -0.650. The summed E-state index contributed by atoms with van der Waals surface area (Å²) in [7, 11) is 0. The minimum absolute atomic E-state index is 0.297. The summed E-state index contributed by atoms with van der Waals surface area (Å²) in [6.45, 7) is 4.62. The molecule has 0 bridgehead atoms. The Kier molecular flexibility index (Phi) is 5.60. The smallest absolute Gasteiger partial charge is 0.159 e. The van der Waals surface area contributed by atoms with E-state index in [0.717, 1.165) is 37.4 Å². The molecule has 19 heavy (non-hydrogen) atoms. The highest BCUT2D eigenvalue weighted by molar-refractivity contribution is 8.00. The van der Waals surface area contributed by atoms with Gasteiger partial charge in [-0.3, -0.25) is 0 Å². The molecule has 1 fully saturated rings. The van der Waals surface area contributed by atoms with Crippen LogP contribution >= 0.6 is 11.8 Å². The van der Waals surface area contributed by atoms with Crippen LogP contribution in [0.5, 0.6) is 0 Å². The molecule has 2 unspecified atom stereocenters. The van der Waals surface area contributed by atoms with Gasteiger partial charge in [-0.1, -0.05) is 6.92 Å². The minimum Gasteiger partial charge on any atom is -0.377 e. The molecule has 0 amide bonds. The van der Waals surface area contributed by atoms with E-state index in [1.165, 1.54) is 23.9 Å². The molecule has 0 aromatic heterocycles. The van der Waals surface area contributed by atoms with Crippen molar-refractivity contribution in [3.05, 3.63) is 29.8 Å². The second-order valence-electron chi connectivity index (χ2n) is 4.80. The third kappa shape index (κ3) is 4.75. The first-order chi connectivity index (χ1) is 9.15. The maximum atomic E-state index is 13.1. The summed E-state index contributed by atoms with van der Waals surface area (Å²) in [5, 5.41) is 3.66. The Morgan fingerprint density at radius 3 is 2.95 bits per heavy atom. The van der Waals surface area contributed by atoms with E-state index in [4.69, 9.17) is 4.74 Å². The summed E-state index contributed by atoms with van der Waals surface area (Å²) >= 11 is 1.54. The lowest BCUT2D eigenvalue weighted by Crippen LogP contribution is -2.30. The molecule has 2 nitrogen and oxygen atoms in total. The van der Waals surface area contributed by atoms with Crippen molar-refractivity contribution in [2.24, 2.45) is 0 Å². The average Bonchev–Trinajstić information content (AvgIpc) is 2.87. The molecule has 1 heterocycles. The van der Waals surface area contributed by atoms with E-state index in [1.54, 1.807) is 6.07 Å². The number of benzene rings is 1. The maximum Gasteiger partial charge on any atom is 0.159 e. The van der Waals surface area contributed by atoms with Gasteiger partial charge in [0.15, 0.2) is 11.6 Å². The molecule has 1 N–H and O–H groups in total. The Bertz CT molecular complexity index is 410. The normalized spacial score (nSPS) is 20.7. The lowest BCUT2D eigenvalue weighted by atomic mass is 10.2. The van der Waals surface area contributed by atoms with Gasteiger partial charge in [0, 0.05) is 29.8 Å². The standard InChI is InChI=1S/C14H19F2NOS/c1-10(8-17-9-11-3-2-6-18-11)19-12-4-5-13(15)14(16)7-12/h4-5,7,10-11,17H,2-3,6,8-9H2,1H3. The zero-order chi connectivity index (χ0) is 13.7. The van der Waals surface area contributed by atoms with Crippen LogP contribution in [-0.2, 0) is 4.74 Å². The van der Waals surface area contributed by atoms with Crippen molar-refractivity contribution in [2.45, 2.75) is 36.0 Å². The summed E-state index contributed by atoms with van der Waals surface area (Å²) in [6.07, 6.45) is 2.60. The van der Waals surface area contributed by atoms with Crippen LogP contribution in [0.25, 0.3) is 0 Å². The van der Waals surface area contributed by atoms with Crippen LogP contribution in [-0.4, -0.2) is 31.1 Å². The van der Waals surface area contributed by atoms with Gasteiger partial charge < -0.3 is 10.1 Å². The van der Waals surface area contributed by atoms with Crippen LogP contribution in [0.4, 0.5) is 8.78 Å². The molecule has 1 aliphatic heterocycles. The Balaban J connectivity index is 1.70. The van der Waals surface area contributed by atoms with Crippen molar-refractivity contribution < 1.29 is 13.5 Å². The number of hydrogen-bond donors (Lipinski definition) is 1. The second-order valence-corrected chi connectivity index (χ2v) is 6.31. The lowest BCUT2D eigenvalue weighted by molar-refractivity contribution is 0.110. The van der Waals surface area contributed by atoms with Crippen LogP contribution in [0.3, 0.4) is 0 Å². The topological polar surface area (TPSA) is 21.3 Å². The molecule has 1 aromatic carbocycles. The zero-order valence-corrected chi connectivity index (χ0v) is 11.8. The van der Waals surface area contributed by atoms with E-state index in [0.29, 0.717) is 11.4 Å². The van der Waals surface area contributed by atoms with Crippen LogP contribution in [0.1, 0.15) is 19.8 Å². The fourth-order valence-electron chi connectivity index (χ4n) is 2.08. The van der Waals surface area contributed by atoms with Gasteiger partial charge in [-0.05, 0) is 31.0 Å². The Labute approximate surface area is 116 Å². The molecule has 2 atom stereocenters. The van der Waals surface area contributed by atoms with Crippen molar-refractivity contribution in [3.63, 3.8) is 0 Å². The molecule has 1 aromatic rings. The van der Waals surface area contributed by atoms with Gasteiger partial charge in [0.25, 0.3) is 0 Å². The van der Waals surface area contributed by atoms with Crippen LogP contribution < -0.4 is 5.32 Å². The molecule has 1 saturated heterocycles. The molecule has 0 aliphatic carbocycles. The highest BCUT2D eigenvalue weighted by Crippen LogP contribution is 2.24. The molecule has 5 heteroatoms. The molecule has 0 spiro atoms. The van der Waals surface area contributed by atoms with Crippen LogP contribution in [0, 0.1) is 11.6 Å². The number of halogens is 2. The fraction of sp³-hybridized carbons (Fsp3) is 0.571. The quantitative estimate of drug-likeness (QED) is 0.812. The molecule has 0 radical (unpaired) electrons. The summed E-state index contributed by atoms with van der Waals surface area (Å²) < 4.78 is 31.4. The number of hydrogen-bond acceptors (Lipinski definition) is 3. The molecule has 2 rings (SSSR count). The number of rotatable bonds is 6. The number of ether oxygens (including phenoxy) is 1. The van der Waals surface area contributed by atoms with Crippen molar-refractivity contribution in [3.8, 4) is 0 Å². The van der Waals surface area contributed by atoms with Gasteiger partial charge in [-0.15, -0.1) is 11.8 Å². The third-order valence-corrected chi connectivity index (χ3v) is 4.15. The molecular formula is C14H19F2NOS. The van der Waals surface area contributed by atoms with Gasteiger partial charge in [0.2, 0.25) is 0 Å². The minimum atomic E-state index is -0.798. The van der Waals surface area contributed by atoms with Gasteiger partial charge in [-0.2, -0.15) is 0 Å². The molecule has 106 valence electrons. The number of thioether (sulfide) groups is 1. The number of nitrogens with one attached hydrogen (secondary N) is 1. The summed E-state index contributed by atoms with van der Waals surface area (Å²) in [4.78, 5) is 0.755. The first-order valence-electron chi connectivity index (χ1n) is 6.59. The summed E-state index contributed by atoms with van der Waals surface area (Å²) in [5.41, 5.74) is 0. The highest BCUT2D eigenvalue weighted by atomic mass is 32.2. The van der Waals surface area contributed by atoms with E-state index >= 15 is 0 Å². The predicted octanol–water partition coefficient (Wildman–Crippen LogP) is 3.21. The third-order valence-electron chi connectivity index (χ3n) is 3.06. The first kappa shape index (κ1) is 14.8. The largest absolute Gasteiger partial charge is 0.377 e. The highest BCUT2D eigenvalue weighted by Gasteiger charge is 2.15. The van der Waals surface area contributed by atoms with Crippen LogP contribution in [0.15, 0.2) is 23.1 Å². The second kappa shape index (κ2) is 7.22. The zero-order valence-electron chi connectivity index (χ0n) is 11.0. The van der Waals surface area contributed by atoms with Crippen molar-refractivity contribution in [1.82, 2.24) is 5.32 Å². The van der Waals surface area contributed by atoms with Gasteiger partial charge >= 0.3 is 0 Å².